The van der Waals surface area contributed by atoms with Crippen LogP contribution in [0.3, 0.4) is 0 Å². The number of nitrogens with zero attached hydrogens (tertiary/aromatic N) is 4. The number of aromatic nitrogens is 2. The van der Waals surface area contributed by atoms with Gasteiger partial charge in [0.1, 0.15) is 17.7 Å². The largest absolute Gasteiger partial charge is 0.463 e. The summed E-state index contributed by atoms with van der Waals surface area (Å²) >= 11 is 0. The predicted octanol–water partition coefficient (Wildman–Crippen LogP) is 6.79. The van der Waals surface area contributed by atoms with Gasteiger partial charge in [-0.3, -0.25) is 4.90 Å². The molecule has 1 aromatic carbocycles. The Labute approximate surface area is 279 Å². The summed E-state index contributed by atoms with van der Waals surface area (Å²) in [6.07, 6.45) is 14.8. The third-order valence-electron chi connectivity index (χ3n) is 9.95. The molecule has 10 heteroatoms. The van der Waals surface area contributed by atoms with E-state index in [9.17, 15) is 9.79 Å². The van der Waals surface area contributed by atoms with Crippen molar-refractivity contribution in [3.8, 4) is 5.88 Å². The van der Waals surface area contributed by atoms with E-state index in [0.717, 1.165) is 93.8 Å². The van der Waals surface area contributed by atoms with Crippen LogP contribution in [0.1, 0.15) is 57.9 Å². The van der Waals surface area contributed by atoms with E-state index in [-0.39, 0.29) is 5.92 Å². The lowest BCUT2D eigenvalue weighted by Crippen LogP contribution is -2.49. The van der Waals surface area contributed by atoms with E-state index in [2.05, 4.69) is 71.5 Å². The minimum Gasteiger partial charge on any atom is -0.463 e. The van der Waals surface area contributed by atoms with Crippen LogP contribution < -0.4 is 15.4 Å². The van der Waals surface area contributed by atoms with Crippen molar-refractivity contribution in [2.75, 3.05) is 31.6 Å². The molecule has 2 aliphatic carbocycles. The summed E-state index contributed by atoms with van der Waals surface area (Å²) in [5.74, 6) is 3.09. The number of ether oxygens (including phenoxy) is 2. The Balaban J connectivity index is 1.13. The molecular formula is C37H47N5O4P+. The Bertz CT molecular complexity index is 1610. The monoisotopic (exact) mass is 656 g/mol. The highest BCUT2D eigenvalue weighted by Gasteiger charge is 2.44. The predicted molar refractivity (Wildman–Crippen MR) is 190 cm³/mol. The summed E-state index contributed by atoms with van der Waals surface area (Å²) in [5.41, 5.74) is 5.39. The number of hydrogen-bond donors (Lipinski definition) is 3. The zero-order valence-electron chi connectivity index (χ0n) is 27.6. The van der Waals surface area contributed by atoms with Crippen LogP contribution in [0.4, 0.5) is 11.5 Å². The number of hydrogen-bond acceptors (Lipinski definition) is 9. The molecule has 0 amide bonds. The average Bonchev–Trinajstić information content (AvgIpc) is 3.09. The van der Waals surface area contributed by atoms with Crippen molar-refractivity contribution >= 4 is 30.2 Å². The van der Waals surface area contributed by atoms with Crippen LogP contribution in [0.2, 0.25) is 0 Å². The van der Waals surface area contributed by atoms with Crippen LogP contribution >= 0.6 is 7.72 Å². The number of allylic oxidation sites excluding steroid dienone is 6. The van der Waals surface area contributed by atoms with Gasteiger partial charge in [0.25, 0.3) is 0 Å². The van der Waals surface area contributed by atoms with Crippen molar-refractivity contribution < 1.29 is 19.3 Å². The van der Waals surface area contributed by atoms with E-state index in [1.54, 1.807) is 12.0 Å². The summed E-state index contributed by atoms with van der Waals surface area (Å²) in [4.78, 5) is 38.7. The van der Waals surface area contributed by atoms with E-state index < -0.39 is 13.3 Å². The summed E-state index contributed by atoms with van der Waals surface area (Å²) < 4.78 is 12.0. The fraction of sp³-hybridized carbons (Fsp3) is 0.432. The number of morpholine rings is 1. The first kappa shape index (κ1) is 33.4. The third kappa shape index (κ3) is 7.20. The Morgan fingerprint density at radius 3 is 2.60 bits per heavy atom. The molecule has 0 spiro atoms. The summed E-state index contributed by atoms with van der Waals surface area (Å²) in [5, 5.41) is 3.68. The Morgan fingerprint density at radius 2 is 1.89 bits per heavy atom. The Hall–Kier alpha value is -3.46. The van der Waals surface area contributed by atoms with Crippen LogP contribution in [0.5, 0.6) is 5.88 Å². The second-order valence-electron chi connectivity index (χ2n) is 12.9. The molecule has 0 bridgehead atoms. The molecular weight excluding hydrogens is 609 g/mol. The van der Waals surface area contributed by atoms with Gasteiger partial charge in [0.05, 0.1) is 18.9 Å². The number of anilines is 1. The lowest BCUT2D eigenvalue weighted by atomic mass is 9.74. The van der Waals surface area contributed by atoms with Crippen molar-refractivity contribution in [1.82, 2.24) is 14.9 Å². The van der Waals surface area contributed by atoms with Gasteiger partial charge in [0.15, 0.2) is 16.8 Å². The molecule has 1 atom stereocenters. The number of fused-ring (bicyclic) bond motifs is 1. The molecule has 1 saturated carbocycles. The molecule has 1 unspecified atom stereocenters. The van der Waals surface area contributed by atoms with Gasteiger partial charge in [0, 0.05) is 25.6 Å². The van der Waals surface area contributed by atoms with Crippen molar-refractivity contribution in [2.24, 2.45) is 16.8 Å². The molecule has 3 heterocycles. The molecule has 2 fully saturated rings. The highest BCUT2D eigenvalue weighted by molar-refractivity contribution is 7.75. The van der Waals surface area contributed by atoms with E-state index in [1.807, 2.05) is 18.2 Å². The van der Waals surface area contributed by atoms with Gasteiger partial charge in [-0.15, -0.1) is 0 Å². The molecule has 1 aromatic heterocycles. The van der Waals surface area contributed by atoms with Crippen LogP contribution in [0.15, 0.2) is 95.7 Å². The van der Waals surface area contributed by atoms with E-state index >= 15 is 0 Å². The summed E-state index contributed by atoms with van der Waals surface area (Å²) in [6, 6.07) is 7.80. The first-order valence-electron chi connectivity index (χ1n) is 16.8. The topological polar surface area (TPSA) is 112 Å². The SMILES string of the molecule is C=CNc1ncnc2c1N=C(C1C=CC(C3CCC(=C[P+](O)(O)c4cccc(CN5CCOCC5)c4)CC3)=CC1=C)C(CC)(CC)O2. The van der Waals surface area contributed by atoms with Gasteiger partial charge in [0.2, 0.25) is 5.88 Å². The first-order chi connectivity index (χ1) is 22.7. The maximum Gasteiger partial charge on any atom is 0.325 e. The second-order valence-corrected chi connectivity index (χ2v) is 14.9. The second kappa shape index (κ2) is 14.3. The van der Waals surface area contributed by atoms with Crippen LogP contribution in [0, 0.1) is 11.8 Å². The van der Waals surface area contributed by atoms with Gasteiger partial charge < -0.3 is 14.8 Å². The molecule has 3 N–H and O–H groups in total. The third-order valence-corrected chi connectivity index (χ3v) is 11.7. The van der Waals surface area contributed by atoms with Gasteiger partial charge in [-0.2, -0.15) is 4.98 Å². The lowest BCUT2D eigenvalue weighted by molar-refractivity contribution is 0.0342. The molecule has 2 aliphatic heterocycles. The normalized spacial score (nSPS) is 22.9. The van der Waals surface area contributed by atoms with Crippen LogP contribution in [-0.4, -0.2) is 62.3 Å². The summed E-state index contributed by atoms with van der Waals surface area (Å²) in [7, 11) is -3.37. The number of nitrogens with one attached hydrogen (secondary N) is 1. The number of benzene rings is 1. The van der Waals surface area contributed by atoms with Crippen LogP contribution in [0.25, 0.3) is 0 Å². The molecule has 2 aromatic rings. The van der Waals surface area contributed by atoms with Crippen molar-refractivity contribution in [3.63, 3.8) is 0 Å². The molecule has 47 heavy (non-hydrogen) atoms. The maximum atomic E-state index is 11.2. The lowest BCUT2D eigenvalue weighted by Gasteiger charge is -2.40. The average molecular weight is 657 g/mol. The zero-order valence-corrected chi connectivity index (χ0v) is 28.5. The van der Waals surface area contributed by atoms with Crippen molar-refractivity contribution in [3.05, 3.63) is 96.3 Å². The van der Waals surface area contributed by atoms with Gasteiger partial charge in [-0.25, -0.2) is 19.8 Å². The molecule has 4 aliphatic rings. The molecule has 9 nitrogen and oxygen atoms in total. The highest BCUT2D eigenvalue weighted by atomic mass is 31.2. The van der Waals surface area contributed by atoms with Crippen molar-refractivity contribution in [2.45, 2.75) is 64.5 Å². The number of aliphatic imine (C=N–C) groups is 1. The number of rotatable bonds is 10. The molecule has 248 valence electrons. The maximum absolute atomic E-state index is 11.2. The van der Waals surface area contributed by atoms with Gasteiger partial charge in [-0.1, -0.05) is 57.4 Å². The minimum absolute atomic E-state index is 0.101. The van der Waals surface area contributed by atoms with Crippen LogP contribution in [-0.2, 0) is 11.3 Å². The fourth-order valence-electron chi connectivity index (χ4n) is 7.17. The Morgan fingerprint density at radius 1 is 1.13 bits per heavy atom. The molecule has 0 radical (unpaired) electrons. The zero-order chi connectivity index (χ0) is 33.0. The first-order valence-corrected chi connectivity index (χ1v) is 18.5. The molecule has 1 saturated heterocycles. The van der Waals surface area contributed by atoms with Gasteiger partial charge in [-0.05, 0) is 85.1 Å². The standard InChI is InChI=1S/C37H47N5O4P/c1-5-37(6-2)34(41-33-35(38-7-3)39-25-40-36(33)46-37)32-16-15-30(21-26(32)4)29-13-11-27(12-14-29)24-47(43,44)31-10-8-9-28(22-31)23-42-17-19-45-20-18-42/h7-10,15-16,21-22,24-25,29,32,43-44H,3-6,11-14,17-20,23H2,1-2H3,(H,38,39,40)/q+1. The van der Waals surface area contributed by atoms with Gasteiger partial charge >= 0.3 is 7.72 Å². The highest BCUT2D eigenvalue weighted by Crippen LogP contribution is 2.53. The minimum atomic E-state index is -3.37. The Kier molecular flexibility index (Phi) is 10.2. The van der Waals surface area contributed by atoms with Crippen molar-refractivity contribution in [1.29, 1.82) is 0 Å². The van der Waals surface area contributed by atoms with E-state index in [1.165, 1.54) is 11.9 Å². The summed E-state index contributed by atoms with van der Waals surface area (Å²) in [6.45, 7) is 16.6. The fourth-order valence-corrected chi connectivity index (χ4v) is 8.75. The van der Waals surface area contributed by atoms with E-state index in [4.69, 9.17) is 14.5 Å². The molecule has 6 rings (SSSR count). The van der Waals surface area contributed by atoms with E-state index in [0.29, 0.717) is 28.6 Å². The smallest absolute Gasteiger partial charge is 0.325 e. The quantitative estimate of drug-likeness (QED) is 0.240.